The van der Waals surface area contributed by atoms with Gasteiger partial charge in [-0.25, -0.2) is 9.18 Å². The maximum absolute atomic E-state index is 14.3. The number of pyridine rings is 1. The van der Waals surface area contributed by atoms with Gasteiger partial charge >= 0.3 is 6.03 Å². The summed E-state index contributed by atoms with van der Waals surface area (Å²) in [5, 5.41) is 5.50. The third kappa shape index (κ3) is 3.82. The molecule has 1 aromatic carbocycles. The fourth-order valence-corrected chi connectivity index (χ4v) is 2.90. The van der Waals surface area contributed by atoms with Crippen molar-refractivity contribution in [2.24, 2.45) is 0 Å². The Labute approximate surface area is 140 Å². The first-order valence-electron chi connectivity index (χ1n) is 8.15. The molecule has 2 aromatic rings. The molecular weight excluding hydrogens is 307 g/mol. The van der Waals surface area contributed by atoms with Gasteiger partial charge in [-0.2, -0.15) is 0 Å². The van der Waals surface area contributed by atoms with Gasteiger partial charge in [-0.15, -0.1) is 0 Å². The van der Waals surface area contributed by atoms with E-state index >= 15 is 0 Å². The second-order valence-electron chi connectivity index (χ2n) is 5.96. The molecule has 1 aliphatic heterocycles. The Hall–Kier alpha value is -2.63. The van der Waals surface area contributed by atoms with E-state index in [4.69, 9.17) is 0 Å². The third-order valence-corrected chi connectivity index (χ3v) is 4.21. The van der Waals surface area contributed by atoms with Crippen molar-refractivity contribution in [3.63, 3.8) is 0 Å². The summed E-state index contributed by atoms with van der Waals surface area (Å²) in [5.41, 5.74) is 1.99. The highest BCUT2D eigenvalue weighted by atomic mass is 19.1. The van der Waals surface area contributed by atoms with Gasteiger partial charge in [-0.1, -0.05) is 0 Å². The normalized spacial score (nSPS) is 15.2. The highest BCUT2D eigenvalue weighted by molar-refractivity contribution is 5.89. The number of nitrogens with one attached hydrogen (secondary N) is 2. The van der Waals surface area contributed by atoms with Crippen molar-refractivity contribution in [2.45, 2.75) is 25.8 Å². The Morgan fingerprint density at radius 3 is 2.58 bits per heavy atom. The zero-order chi connectivity index (χ0) is 16.9. The van der Waals surface area contributed by atoms with E-state index in [1.165, 1.54) is 6.07 Å². The maximum Gasteiger partial charge on any atom is 0.319 e. The molecule has 1 unspecified atom stereocenters. The Balaban J connectivity index is 1.61. The molecule has 1 atom stereocenters. The number of carbonyl (C=O) groups is 1. The van der Waals surface area contributed by atoms with Gasteiger partial charge in [0.15, 0.2) is 0 Å². The first-order chi connectivity index (χ1) is 11.6. The number of urea groups is 1. The number of hydrogen-bond acceptors (Lipinski definition) is 3. The lowest BCUT2D eigenvalue weighted by molar-refractivity contribution is 0.249. The molecule has 0 radical (unpaired) electrons. The summed E-state index contributed by atoms with van der Waals surface area (Å²) < 4.78 is 14.3. The predicted molar refractivity (Wildman–Crippen MR) is 92.7 cm³/mol. The average molecular weight is 328 g/mol. The van der Waals surface area contributed by atoms with Crippen molar-refractivity contribution in [3.8, 4) is 0 Å². The molecule has 1 aliphatic rings. The highest BCUT2D eigenvalue weighted by Gasteiger charge is 2.17. The number of halogens is 1. The molecule has 1 saturated heterocycles. The van der Waals surface area contributed by atoms with Crippen LogP contribution in [0.1, 0.15) is 31.4 Å². The molecule has 0 aliphatic carbocycles. The van der Waals surface area contributed by atoms with E-state index in [1.807, 2.05) is 24.0 Å². The summed E-state index contributed by atoms with van der Waals surface area (Å²) in [6.07, 6.45) is 5.54. The van der Waals surface area contributed by atoms with Gasteiger partial charge in [0.25, 0.3) is 0 Å². The summed E-state index contributed by atoms with van der Waals surface area (Å²) in [5.74, 6) is -0.308. The fraction of sp³-hybridized carbons (Fsp3) is 0.333. The molecule has 0 bridgehead atoms. The van der Waals surface area contributed by atoms with Crippen LogP contribution < -0.4 is 15.5 Å². The largest absolute Gasteiger partial charge is 0.369 e. The molecule has 2 N–H and O–H groups in total. The SMILES string of the molecule is CC(NC(=O)Nc1ccc(N2CCCC2)c(F)c1)c1ccncc1. The van der Waals surface area contributed by atoms with Crippen LogP contribution in [-0.2, 0) is 0 Å². The second kappa shape index (κ2) is 7.29. The lowest BCUT2D eigenvalue weighted by atomic mass is 10.1. The van der Waals surface area contributed by atoms with Crippen LogP contribution in [0, 0.1) is 5.82 Å². The molecule has 6 heteroatoms. The zero-order valence-corrected chi connectivity index (χ0v) is 13.6. The summed E-state index contributed by atoms with van der Waals surface area (Å²) in [6.45, 7) is 3.65. The van der Waals surface area contributed by atoms with Crippen LogP contribution in [0.4, 0.5) is 20.6 Å². The van der Waals surface area contributed by atoms with E-state index in [-0.39, 0.29) is 17.9 Å². The van der Waals surface area contributed by atoms with Crippen molar-refractivity contribution in [3.05, 3.63) is 54.1 Å². The smallest absolute Gasteiger partial charge is 0.319 e. The number of aromatic nitrogens is 1. The van der Waals surface area contributed by atoms with Crippen molar-refractivity contribution in [1.29, 1.82) is 0 Å². The Morgan fingerprint density at radius 1 is 1.21 bits per heavy atom. The van der Waals surface area contributed by atoms with Crippen molar-refractivity contribution in [2.75, 3.05) is 23.3 Å². The zero-order valence-electron chi connectivity index (χ0n) is 13.6. The van der Waals surface area contributed by atoms with E-state index < -0.39 is 0 Å². The van der Waals surface area contributed by atoms with Gasteiger partial charge in [-0.3, -0.25) is 4.98 Å². The topological polar surface area (TPSA) is 57.3 Å². The van der Waals surface area contributed by atoms with Crippen LogP contribution in [0.5, 0.6) is 0 Å². The molecule has 2 amide bonds. The number of rotatable bonds is 4. The van der Waals surface area contributed by atoms with Crippen LogP contribution in [0.2, 0.25) is 0 Å². The second-order valence-corrected chi connectivity index (χ2v) is 5.96. The third-order valence-electron chi connectivity index (χ3n) is 4.21. The fourth-order valence-electron chi connectivity index (χ4n) is 2.90. The lowest BCUT2D eigenvalue weighted by Gasteiger charge is -2.19. The van der Waals surface area contributed by atoms with Crippen LogP contribution in [-0.4, -0.2) is 24.1 Å². The van der Waals surface area contributed by atoms with E-state index in [0.717, 1.165) is 31.5 Å². The number of hydrogen-bond donors (Lipinski definition) is 2. The Kier molecular flexibility index (Phi) is 4.93. The molecule has 1 aromatic heterocycles. The molecule has 126 valence electrons. The number of anilines is 2. The number of amides is 2. The number of benzene rings is 1. The van der Waals surface area contributed by atoms with Crippen molar-refractivity contribution < 1.29 is 9.18 Å². The van der Waals surface area contributed by atoms with Crippen LogP contribution in [0.25, 0.3) is 0 Å². The van der Waals surface area contributed by atoms with E-state index in [1.54, 1.807) is 24.5 Å². The summed E-state index contributed by atoms with van der Waals surface area (Å²) in [4.78, 5) is 18.1. The quantitative estimate of drug-likeness (QED) is 0.900. The van der Waals surface area contributed by atoms with E-state index in [9.17, 15) is 9.18 Å². The minimum Gasteiger partial charge on any atom is -0.369 e. The van der Waals surface area contributed by atoms with Gasteiger partial charge in [0.1, 0.15) is 5.82 Å². The van der Waals surface area contributed by atoms with E-state index in [0.29, 0.717) is 11.4 Å². The van der Waals surface area contributed by atoms with Crippen LogP contribution >= 0.6 is 0 Å². The Bertz CT molecular complexity index is 701. The number of nitrogens with zero attached hydrogens (tertiary/aromatic N) is 2. The van der Waals surface area contributed by atoms with Gasteiger partial charge in [0, 0.05) is 31.2 Å². The van der Waals surface area contributed by atoms with Crippen molar-refractivity contribution in [1.82, 2.24) is 10.3 Å². The molecule has 3 rings (SSSR count). The van der Waals surface area contributed by atoms with Crippen LogP contribution in [0.15, 0.2) is 42.7 Å². The molecule has 0 saturated carbocycles. The number of carbonyl (C=O) groups excluding carboxylic acids is 1. The standard InChI is InChI=1S/C18H21FN4O/c1-13(14-6-8-20-9-7-14)21-18(24)22-15-4-5-17(16(19)12-15)23-10-2-3-11-23/h4-9,12-13H,2-3,10-11H2,1H3,(H2,21,22,24). The van der Waals surface area contributed by atoms with Crippen LogP contribution in [0.3, 0.4) is 0 Å². The molecule has 2 heterocycles. The molecule has 24 heavy (non-hydrogen) atoms. The molecular formula is C18H21FN4O. The highest BCUT2D eigenvalue weighted by Crippen LogP contribution is 2.26. The molecule has 5 nitrogen and oxygen atoms in total. The average Bonchev–Trinajstić information content (AvgIpc) is 3.10. The van der Waals surface area contributed by atoms with Gasteiger partial charge in [-0.05, 0) is 55.7 Å². The van der Waals surface area contributed by atoms with Crippen molar-refractivity contribution >= 4 is 17.4 Å². The lowest BCUT2D eigenvalue weighted by Crippen LogP contribution is -2.31. The van der Waals surface area contributed by atoms with Gasteiger partial charge in [0.05, 0.1) is 11.7 Å². The first-order valence-corrected chi connectivity index (χ1v) is 8.15. The predicted octanol–water partition coefficient (Wildman–Crippen LogP) is 3.70. The summed E-state index contributed by atoms with van der Waals surface area (Å²) >= 11 is 0. The van der Waals surface area contributed by atoms with Gasteiger partial charge in [0.2, 0.25) is 0 Å². The van der Waals surface area contributed by atoms with E-state index in [2.05, 4.69) is 15.6 Å². The molecule has 1 fully saturated rings. The molecule has 0 spiro atoms. The minimum atomic E-state index is -0.368. The van der Waals surface area contributed by atoms with Gasteiger partial charge < -0.3 is 15.5 Å². The maximum atomic E-state index is 14.3. The monoisotopic (exact) mass is 328 g/mol. The summed E-state index contributed by atoms with van der Waals surface area (Å²) in [7, 11) is 0. The minimum absolute atomic E-state index is 0.165. The first kappa shape index (κ1) is 16.2. The Morgan fingerprint density at radius 2 is 1.92 bits per heavy atom. The summed E-state index contributed by atoms with van der Waals surface area (Å²) in [6, 6.07) is 7.97.